The van der Waals surface area contributed by atoms with Crippen LogP contribution in [0.15, 0.2) is 41.3 Å². The first-order chi connectivity index (χ1) is 11.3. The van der Waals surface area contributed by atoms with E-state index in [1.165, 1.54) is 42.3 Å². The van der Waals surface area contributed by atoms with Crippen LogP contribution in [-0.4, -0.2) is 21.6 Å². The molecule has 0 unspecified atom stereocenters. The number of fused-ring (bicyclic) bond motifs is 1. The van der Waals surface area contributed by atoms with E-state index in [0.717, 1.165) is 0 Å². The molecule has 1 aliphatic heterocycles. The molecule has 2 aromatic carbocycles. The first-order valence-corrected chi connectivity index (χ1v) is 8.58. The molecule has 0 radical (unpaired) electrons. The Morgan fingerprint density at radius 3 is 2.67 bits per heavy atom. The van der Waals surface area contributed by atoms with E-state index in [-0.39, 0.29) is 17.2 Å². The van der Waals surface area contributed by atoms with Gasteiger partial charge in [0.25, 0.3) is 10.0 Å². The SMILES string of the molecule is Cc1cc(NS(=O)(=O)c2ccc3c(c2)N(C)C(=O)OC3)ccc1F. The molecule has 0 aromatic heterocycles. The highest BCUT2D eigenvalue weighted by atomic mass is 32.2. The Morgan fingerprint density at radius 2 is 1.96 bits per heavy atom. The van der Waals surface area contributed by atoms with Crippen molar-refractivity contribution in [2.45, 2.75) is 18.4 Å². The number of benzene rings is 2. The van der Waals surface area contributed by atoms with Crippen LogP contribution in [0.5, 0.6) is 0 Å². The van der Waals surface area contributed by atoms with Crippen molar-refractivity contribution < 1.29 is 22.3 Å². The van der Waals surface area contributed by atoms with Gasteiger partial charge in [-0.05, 0) is 42.8 Å². The fourth-order valence-electron chi connectivity index (χ4n) is 2.40. The standard InChI is InChI=1S/C16H15FN2O4S/c1-10-7-12(4-6-14(10)17)18-24(21,22)13-5-3-11-9-23-16(20)19(2)15(11)8-13/h3-8,18H,9H2,1-2H3. The predicted molar refractivity (Wildman–Crippen MR) is 87.0 cm³/mol. The number of sulfonamides is 1. The van der Waals surface area contributed by atoms with Crippen LogP contribution < -0.4 is 9.62 Å². The monoisotopic (exact) mass is 350 g/mol. The second-order valence-corrected chi connectivity index (χ2v) is 7.16. The third-order valence-electron chi connectivity index (χ3n) is 3.76. The highest BCUT2D eigenvalue weighted by Gasteiger charge is 2.25. The number of anilines is 2. The number of ether oxygens (including phenoxy) is 1. The van der Waals surface area contributed by atoms with Gasteiger partial charge in [0.15, 0.2) is 0 Å². The van der Waals surface area contributed by atoms with Crippen LogP contribution in [0.3, 0.4) is 0 Å². The summed E-state index contributed by atoms with van der Waals surface area (Å²) in [5, 5.41) is 0. The summed E-state index contributed by atoms with van der Waals surface area (Å²) in [7, 11) is -2.36. The molecule has 0 aliphatic carbocycles. The molecule has 1 heterocycles. The van der Waals surface area contributed by atoms with Crippen molar-refractivity contribution in [3.05, 3.63) is 53.3 Å². The largest absolute Gasteiger partial charge is 0.444 e. The lowest BCUT2D eigenvalue weighted by Crippen LogP contribution is -2.32. The minimum atomic E-state index is -3.87. The van der Waals surface area contributed by atoms with Crippen LogP contribution in [0.25, 0.3) is 0 Å². The minimum absolute atomic E-state index is 0.00442. The molecule has 3 rings (SSSR count). The van der Waals surface area contributed by atoms with E-state index in [0.29, 0.717) is 16.8 Å². The molecule has 1 amide bonds. The van der Waals surface area contributed by atoms with Crippen LogP contribution in [0.2, 0.25) is 0 Å². The van der Waals surface area contributed by atoms with E-state index < -0.39 is 21.9 Å². The number of aryl methyl sites for hydroxylation is 1. The number of hydrogen-bond acceptors (Lipinski definition) is 4. The summed E-state index contributed by atoms with van der Waals surface area (Å²) < 4.78 is 45.7. The fraction of sp³-hybridized carbons (Fsp3) is 0.188. The quantitative estimate of drug-likeness (QED) is 0.923. The Balaban J connectivity index is 1.95. The van der Waals surface area contributed by atoms with Gasteiger partial charge in [-0.15, -0.1) is 0 Å². The van der Waals surface area contributed by atoms with E-state index in [9.17, 15) is 17.6 Å². The maximum Gasteiger partial charge on any atom is 0.414 e. The third kappa shape index (κ3) is 2.92. The Bertz CT molecular complexity index is 928. The van der Waals surface area contributed by atoms with E-state index in [1.54, 1.807) is 13.0 Å². The average Bonchev–Trinajstić information content (AvgIpc) is 2.54. The first kappa shape index (κ1) is 16.3. The molecule has 1 aliphatic rings. The zero-order valence-electron chi connectivity index (χ0n) is 13.0. The Hall–Kier alpha value is -2.61. The number of nitrogens with one attached hydrogen (secondary N) is 1. The number of nitrogens with zero attached hydrogens (tertiary/aromatic N) is 1. The lowest BCUT2D eigenvalue weighted by molar-refractivity contribution is 0.143. The fourth-order valence-corrected chi connectivity index (χ4v) is 3.47. The van der Waals surface area contributed by atoms with Crippen LogP contribution in [-0.2, 0) is 21.4 Å². The van der Waals surface area contributed by atoms with Gasteiger partial charge in [0.1, 0.15) is 12.4 Å². The average molecular weight is 350 g/mol. The Morgan fingerprint density at radius 1 is 1.21 bits per heavy atom. The van der Waals surface area contributed by atoms with Gasteiger partial charge in [-0.1, -0.05) is 6.07 Å². The van der Waals surface area contributed by atoms with Crippen molar-refractivity contribution in [3.63, 3.8) is 0 Å². The van der Waals surface area contributed by atoms with Crippen molar-refractivity contribution in [1.29, 1.82) is 0 Å². The molecule has 0 bridgehead atoms. The van der Waals surface area contributed by atoms with Crippen LogP contribution in [0.4, 0.5) is 20.6 Å². The smallest absolute Gasteiger partial charge is 0.414 e. The molecular formula is C16H15FN2O4S. The predicted octanol–water partition coefficient (Wildman–Crippen LogP) is 3.02. The number of rotatable bonds is 3. The molecule has 1 N–H and O–H groups in total. The van der Waals surface area contributed by atoms with Gasteiger partial charge in [-0.3, -0.25) is 9.62 Å². The molecule has 6 nitrogen and oxygen atoms in total. The topological polar surface area (TPSA) is 75.7 Å². The van der Waals surface area contributed by atoms with Gasteiger partial charge in [-0.2, -0.15) is 0 Å². The van der Waals surface area contributed by atoms with Crippen molar-refractivity contribution in [3.8, 4) is 0 Å². The summed E-state index contributed by atoms with van der Waals surface area (Å²) in [6.07, 6.45) is -0.542. The maximum absolute atomic E-state index is 13.3. The lowest BCUT2D eigenvalue weighted by atomic mass is 10.1. The number of amides is 1. The summed E-state index contributed by atoms with van der Waals surface area (Å²) in [6, 6.07) is 8.40. The van der Waals surface area contributed by atoms with E-state index >= 15 is 0 Å². The van der Waals surface area contributed by atoms with Crippen LogP contribution in [0, 0.1) is 12.7 Å². The number of halogens is 1. The molecule has 126 valence electrons. The molecular weight excluding hydrogens is 335 g/mol. The van der Waals surface area contributed by atoms with Gasteiger partial charge in [-0.25, -0.2) is 17.6 Å². The van der Waals surface area contributed by atoms with Crippen molar-refractivity contribution in [2.24, 2.45) is 0 Å². The second-order valence-electron chi connectivity index (χ2n) is 5.47. The van der Waals surface area contributed by atoms with Gasteiger partial charge in [0.2, 0.25) is 0 Å². The summed E-state index contributed by atoms with van der Waals surface area (Å²) in [6.45, 7) is 1.65. The number of carbonyl (C=O) groups excluding carboxylic acids is 1. The van der Waals surface area contributed by atoms with E-state index in [4.69, 9.17) is 4.74 Å². The summed E-state index contributed by atoms with van der Waals surface area (Å²) >= 11 is 0. The molecule has 8 heteroatoms. The highest BCUT2D eigenvalue weighted by Crippen LogP contribution is 2.29. The Labute approximate surface area is 138 Å². The van der Waals surface area contributed by atoms with Crippen LogP contribution >= 0.6 is 0 Å². The van der Waals surface area contributed by atoms with Gasteiger partial charge in [0.05, 0.1) is 10.6 Å². The van der Waals surface area contributed by atoms with Gasteiger partial charge >= 0.3 is 6.09 Å². The molecule has 0 saturated carbocycles. The number of cyclic esters (lactones) is 1. The molecule has 0 fully saturated rings. The number of hydrogen-bond donors (Lipinski definition) is 1. The first-order valence-electron chi connectivity index (χ1n) is 7.10. The minimum Gasteiger partial charge on any atom is -0.444 e. The van der Waals surface area contributed by atoms with E-state index in [1.807, 2.05) is 0 Å². The number of carbonyl (C=O) groups is 1. The molecule has 0 spiro atoms. The zero-order valence-corrected chi connectivity index (χ0v) is 13.9. The normalized spacial score (nSPS) is 14.1. The van der Waals surface area contributed by atoms with E-state index in [2.05, 4.69) is 4.72 Å². The summed E-state index contributed by atoms with van der Waals surface area (Å²) in [5.74, 6) is -0.410. The van der Waals surface area contributed by atoms with Gasteiger partial charge < -0.3 is 4.74 Å². The van der Waals surface area contributed by atoms with Gasteiger partial charge in [0, 0.05) is 18.3 Å². The van der Waals surface area contributed by atoms with Crippen molar-refractivity contribution >= 4 is 27.5 Å². The second kappa shape index (κ2) is 5.79. The molecule has 2 aromatic rings. The Kier molecular flexibility index (Phi) is 3.92. The lowest BCUT2D eigenvalue weighted by Gasteiger charge is -2.25. The molecule has 24 heavy (non-hydrogen) atoms. The third-order valence-corrected chi connectivity index (χ3v) is 5.14. The summed E-state index contributed by atoms with van der Waals surface area (Å²) in [5.41, 5.74) is 1.79. The highest BCUT2D eigenvalue weighted by molar-refractivity contribution is 7.92. The van der Waals surface area contributed by atoms with Crippen molar-refractivity contribution in [2.75, 3.05) is 16.7 Å². The molecule has 0 atom stereocenters. The summed E-state index contributed by atoms with van der Waals surface area (Å²) in [4.78, 5) is 12.8. The molecule has 0 saturated heterocycles. The van der Waals surface area contributed by atoms with Crippen LogP contribution in [0.1, 0.15) is 11.1 Å². The zero-order chi connectivity index (χ0) is 17.5. The van der Waals surface area contributed by atoms with Crippen molar-refractivity contribution in [1.82, 2.24) is 0 Å². The maximum atomic E-state index is 13.3.